The second kappa shape index (κ2) is 4.58. The molecule has 0 saturated heterocycles. The van der Waals surface area contributed by atoms with E-state index < -0.39 is 5.60 Å². The molecule has 15 heavy (non-hydrogen) atoms. The lowest BCUT2D eigenvalue weighted by molar-refractivity contribution is 0.0487. The lowest BCUT2D eigenvalue weighted by Crippen LogP contribution is -2.20. The molecule has 0 radical (unpaired) electrons. The summed E-state index contributed by atoms with van der Waals surface area (Å²) in [6.07, 6.45) is 3.11. The molecule has 0 aromatic heterocycles. The Labute approximate surface area is 90.3 Å². The fourth-order valence-corrected chi connectivity index (χ4v) is 1.51. The predicted molar refractivity (Wildman–Crippen MR) is 60.1 cm³/mol. The smallest absolute Gasteiger partial charge is 0.126 e. The molecule has 1 atom stereocenters. The molecule has 0 spiro atoms. The summed E-state index contributed by atoms with van der Waals surface area (Å²) in [6.45, 7) is 7.05. The third-order valence-electron chi connectivity index (χ3n) is 2.62. The van der Waals surface area contributed by atoms with Gasteiger partial charge in [0.25, 0.3) is 0 Å². The molecule has 1 N–H and O–H groups in total. The highest BCUT2D eigenvalue weighted by molar-refractivity contribution is 5.28. The van der Waals surface area contributed by atoms with E-state index in [0.29, 0.717) is 12.0 Å². The maximum Gasteiger partial charge on any atom is 0.126 e. The van der Waals surface area contributed by atoms with Gasteiger partial charge in [0.05, 0.1) is 5.60 Å². The second-order valence-corrected chi connectivity index (χ2v) is 4.07. The molecule has 0 fully saturated rings. The van der Waals surface area contributed by atoms with E-state index in [-0.39, 0.29) is 5.82 Å². The third kappa shape index (κ3) is 2.90. The van der Waals surface area contributed by atoms with Crippen molar-refractivity contribution in [3.05, 3.63) is 47.8 Å². The minimum atomic E-state index is -0.910. The number of aryl methyl sites for hydroxylation is 1. The summed E-state index contributed by atoms with van der Waals surface area (Å²) in [5.74, 6) is -0.238. The van der Waals surface area contributed by atoms with Gasteiger partial charge in [-0.25, -0.2) is 4.39 Å². The Balaban J connectivity index is 2.93. The zero-order valence-electron chi connectivity index (χ0n) is 9.26. The lowest BCUT2D eigenvalue weighted by Gasteiger charge is -2.23. The summed E-state index contributed by atoms with van der Waals surface area (Å²) in [5.41, 5.74) is 0.404. The van der Waals surface area contributed by atoms with Crippen molar-refractivity contribution in [3.63, 3.8) is 0 Å². The number of rotatable bonds is 4. The fraction of sp³-hybridized carbons (Fsp3) is 0.385. The molecule has 1 aromatic carbocycles. The quantitative estimate of drug-likeness (QED) is 0.753. The van der Waals surface area contributed by atoms with Crippen molar-refractivity contribution in [3.8, 4) is 0 Å². The van der Waals surface area contributed by atoms with E-state index in [2.05, 4.69) is 6.58 Å². The molecule has 82 valence electrons. The summed E-state index contributed by atoms with van der Waals surface area (Å²) in [4.78, 5) is 0. The minimum absolute atomic E-state index is 0.238. The average Bonchev–Trinajstić information content (AvgIpc) is 2.19. The number of allylic oxidation sites excluding steroid dienone is 1. The van der Waals surface area contributed by atoms with E-state index >= 15 is 0 Å². The zero-order valence-corrected chi connectivity index (χ0v) is 9.26. The Morgan fingerprint density at radius 2 is 2.20 bits per heavy atom. The molecule has 0 aliphatic rings. The SMILES string of the molecule is C=CCCC(C)(O)c1ccc(F)c(C)c1. The molecule has 0 aliphatic heterocycles. The molecule has 0 heterocycles. The van der Waals surface area contributed by atoms with Crippen LogP contribution in [0.3, 0.4) is 0 Å². The molecule has 0 bridgehead atoms. The van der Waals surface area contributed by atoms with Crippen molar-refractivity contribution in [1.29, 1.82) is 0 Å². The third-order valence-corrected chi connectivity index (χ3v) is 2.62. The number of halogens is 1. The zero-order chi connectivity index (χ0) is 11.5. The summed E-state index contributed by atoms with van der Waals surface area (Å²) in [5, 5.41) is 10.2. The van der Waals surface area contributed by atoms with Crippen molar-refractivity contribution in [2.45, 2.75) is 32.3 Å². The molecule has 0 saturated carbocycles. The van der Waals surface area contributed by atoms with E-state index in [9.17, 15) is 9.50 Å². The van der Waals surface area contributed by atoms with Gasteiger partial charge in [0, 0.05) is 0 Å². The summed E-state index contributed by atoms with van der Waals surface area (Å²) >= 11 is 0. The molecule has 1 nitrogen and oxygen atoms in total. The first-order valence-electron chi connectivity index (χ1n) is 5.07. The summed E-state index contributed by atoms with van der Waals surface area (Å²) < 4.78 is 13.0. The molecular formula is C13H17FO. The van der Waals surface area contributed by atoms with E-state index in [4.69, 9.17) is 0 Å². The van der Waals surface area contributed by atoms with Gasteiger partial charge >= 0.3 is 0 Å². The maximum absolute atomic E-state index is 13.0. The first-order valence-corrected chi connectivity index (χ1v) is 5.07. The molecule has 1 unspecified atom stereocenters. The van der Waals surface area contributed by atoms with Gasteiger partial charge in [-0.05, 0) is 43.9 Å². The van der Waals surface area contributed by atoms with Crippen LogP contribution < -0.4 is 0 Å². The largest absolute Gasteiger partial charge is 0.385 e. The van der Waals surface area contributed by atoms with Gasteiger partial charge < -0.3 is 5.11 Å². The average molecular weight is 208 g/mol. The van der Waals surface area contributed by atoms with E-state index in [1.807, 2.05) is 0 Å². The van der Waals surface area contributed by atoms with Gasteiger partial charge in [0.1, 0.15) is 5.82 Å². The van der Waals surface area contributed by atoms with Crippen LogP contribution in [-0.2, 0) is 5.60 Å². The summed E-state index contributed by atoms with van der Waals surface area (Å²) in [6, 6.07) is 4.72. The van der Waals surface area contributed by atoms with E-state index in [1.165, 1.54) is 6.07 Å². The van der Waals surface area contributed by atoms with Crippen LogP contribution >= 0.6 is 0 Å². The topological polar surface area (TPSA) is 20.2 Å². The van der Waals surface area contributed by atoms with Crippen LogP contribution in [0.25, 0.3) is 0 Å². The summed E-state index contributed by atoms with van der Waals surface area (Å²) in [7, 11) is 0. The van der Waals surface area contributed by atoms with Crippen molar-refractivity contribution in [2.75, 3.05) is 0 Å². The highest BCUT2D eigenvalue weighted by Crippen LogP contribution is 2.27. The molecule has 0 aliphatic carbocycles. The van der Waals surface area contributed by atoms with E-state index in [1.54, 1.807) is 32.1 Å². The van der Waals surface area contributed by atoms with Gasteiger partial charge in [0.15, 0.2) is 0 Å². The number of hydrogen-bond acceptors (Lipinski definition) is 1. The Hall–Kier alpha value is -1.15. The van der Waals surface area contributed by atoms with Crippen LogP contribution in [-0.4, -0.2) is 5.11 Å². The van der Waals surface area contributed by atoms with E-state index in [0.717, 1.165) is 12.0 Å². The molecular weight excluding hydrogens is 191 g/mol. The highest BCUT2D eigenvalue weighted by atomic mass is 19.1. The maximum atomic E-state index is 13.0. The van der Waals surface area contributed by atoms with Crippen molar-refractivity contribution in [2.24, 2.45) is 0 Å². The van der Waals surface area contributed by atoms with Crippen LogP contribution in [0.2, 0.25) is 0 Å². The minimum Gasteiger partial charge on any atom is -0.385 e. The molecule has 2 heteroatoms. The van der Waals surface area contributed by atoms with Crippen LogP contribution in [0.1, 0.15) is 30.9 Å². The standard InChI is InChI=1S/C13H17FO/c1-4-5-8-13(3,15)11-6-7-12(14)10(2)9-11/h4,6-7,9,15H,1,5,8H2,2-3H3. The second-order valence-electron chi connectivity index (χ2n) is 4.07. The van der Waals surface area contributed by atoms with Gasteiger partial charge in [-0.1, -0.05) is 18.2 Å². The predicted octanol–water partition coefficient (Wildman–Crippen LogP) is 3.31. The van der Waals surface area contributed by atoms with Crippen molar-refractivity contribution < 1.29 is 9.50 Å². The normalized spacial score (nSPS) is 14.7. The van der Waals surface area contributed by atoms with Gasteiger partial charge in [-0.2, -0.15) is 0 Å². The van der Waals surface area contributed by atoms with Crippen molar-refractivity contribution in [1.82, 2.24) is 0 Å². The van der Waals surface area contributed by atoms with Crippen LogP contribution in [0.15, 0.2) is 30.9 Å². The van der Waals surface area contributed by atoms with Crippen LogP contribution in [0.4, 0.5) is 4.39 Å². The molecule has 1 rings (SSSR count). The Morgan fingerprint density at radius 1 is 1.53 bits per heavy atom. The van der Waals surface area contributed by atoms with Gasteiger partial charge in [0.2, 0.25) is 0 Å². The Bertz CT molecular complexity index is 356. The number of hydrogen-bond donors (Lipinski definition) is 1. The van der Waals surface area contributed by atoms with Gasteiger partial charge in [-0.15, -0.1) is 6.58 Å². The molecule has 0 amide bonds. The monoisotopic (exact) mass is 208 g/mol. The fourth-order valence-electron chi connectivity index (χ4n) is 1.51. The van der Waals surface area contributed by atoms with Gasteiger partial charge in [-0.3, -0.25) is 0 Å². The van der Waals surface area contributed by atoms with Crippen LogP contribution in [0, 0.1) is 12.7 Å². The highest BCUT2D eigenvalue weighted by Gasteiger charge is 2.22. The molecule has 1 aromatic rings. The first kappa shape index (κ1) is 11.9. The number of benzene rings is 1. The lowest BCUT2D eigenvalue weighted by atomic mass is 9.90. The Morgan fingerprint density at radius 3 is 2.73 bits per heavy atom. The number of aliphatic hydroxyl groups is 1. The first-order chi connectivity index (χ1) is 6.97. The van der Waals surface area contributed by atoms with Crippen LogP contribution in [0.5, 0.6) is 0 Å². The Kier molecular flexibility index (Phi) is 3.64. The van der Waals surface area contributed by atoms with Crippen molar-refractivity contribution >= 4 is 0 Å².